The van der Waals surface area contributed by atoms with Crippen LogP contribution in [0, 0.1) is 6.92 Å². The number of ether oxygens (including phenoxy) is 1. The molecule has 178 valence electrons. The number of imide groups is 1. The molecule has 35 heavy (non-hydrogen) atoms. The van der Waals surface area contributed by atoms with Crippen LogP contribution >= 0.6 is 23.2 Å². The van der Waals surface area contributed by atoms with Crippen molar-refractivity contribution in [2.45, 2.75) is 13.3 Å². The van der Waals surface area contributed by atoms with Crippen molar-refractivity contribution in [2.24, 2.45) is 0 Å². The Morgan fingerprint density at radius 1 is 0.943 bits per heavy atom. The minimum absolute atomic E-state index is 0.0299. The smallest absolute Gasteiger partial charge is 0.283 e. The van der Waals surface area contributed by atoms with Gasteiger partial charge in [-0.25, -0.2) is 4.90 Å². The van der Waals surface area contributed by atoms with Gasteiger partial charge >= 0.3 is 0 Å². The molecule has 9 heteroatoms. The van der Waals surface area contributed by atoms with Gasteiger partial charge in [0.2, 0.25) is 5.91 Å². The Hall–Kier alpha value is -3.81. The van der Waals surface area contributed by atoms with E-state index in [4.69, 9.17) is 27.9 Å². The van der Waals surface area contributed by atoms with Crippen LogP contribution in [-0.4, -0.2) is 24.8 Å². The van der Waals surface area contributed by atoms with E-state index >= 15 is 0 Å². The summed E-state index contributed by atoms with van der Waals surface area (Å²) in [5.41, 5.74) is 2.82. The number of nitrogens with zero attached hydrogens (tertiary/aromatic N) is 1. The number of nitrogens with one attached hydrogen (secondary N) is 2. The van der Waals surface area contributed by atoms with Crippen LogP contribution in [0.25, 0.3) is 0 Å². The second-order valence-corrected chi connectivity index (χ2v) is 8.55. The number of anilines is 3. The summed E-state index contributed by atoms with van der Waals surface area (Å²) < 4.78 is 5.25. The van der Waals surface area contributed by atoms with Crippen molar-refractivity contribution < 1.29 is 19.1 Å². The van der Waals surface area contributed by atoms with Gasteiger partial charge in [-0.3, -0.25) is 14.4 Å². The summed E-state index contributed by atoms with van der Waals surface area (Å²) in [5.74, 6) is -0.840. The summed E-state index contributed by atoms with van der Waals surface area (Å²) in [6.45, 7) is 1.72. The molecule has 0 bridgehead atoms. The van der Waals surface area contributed by atoms with E-state index in [1.165, 1.54) is 7.11 Å². The molecular weight excluding hydrogens is 489 g/mol. The fourth-order valence-corrected chi connectivity index (χ4v) is 4.03. The second-order valence-electron chi connectivity index (χ2n) is 7.77. The molecular formula is C26H21Cl2N3O4. The van der Waals surface area contributed by atoms with E-state index in [0.717, 1.165) is 10.5 Å². The maximum Gasteiger partial charge on any atom is 0.283 e. The quantitative estimate of drug-likeness (QED) is 0.423. The maximum absolute atomic E-state index is 13.0. The third kappa shape index (κ3) is 5.01. The van der Waals surface area contributed by atoms with Crippen LogP contribution in [0.5, 0.6) is 5.75 Å². The zero-order valence-electron chi connectivity index (χ0n) is 18.9. The average molecular weight is 510 g/mol. The van der Waals surface area contributed by atoms with Gasteiger partial charge in [0.05, 0.1) is 24.9 Å². The van der Waals surface area contributed by atoms with Crippen LogP contribution < -0.4 is 20.3 Å². The van der Waals surface area contributed by atoms with E-state index in [2.05, 4.69) is 10.6 Å². The summed E-state index contributed by atoms with van der Waals surface area (Å²) in [7, 11) is 1.54. The molecule has 1 aliphatic heterocycles. The molecule has 0 aliphatic carbocycles. The molecule has 0 saturated heterocycles. The summed E-state index contributed by atoms with van der Waals surface area (Å²) in [5, 5.41) is 5.98. The Balaban J connectivity index is 1.44. The van der Waals surface area contributed by atoms with E-state index < -0.39 is 11.8 Å². The number of amides is 3. The van der Waals surface area contributed by atoms with Crippen LogP contribution in [0.2, 0.25) is 5.02 Å². The number of carbonyl (C=O) groups excluding carboxylic acids is 3. The number of hydrogen-bond donors (Lipinski definition) is 2. The number of benzene rings is 3. The third-order valence-corrected chi connectivity index (χ3v) is 6.24. The first-order chi connectivity index (χ1) is 16.8. The lowest BCUT2D eigenvalue weighted by Crippen LogP contribution is -2.32. The molecule has 0 unspecified atom stereocenters. The molecule has 0 atom stereocenters. The van der Waals surface area contributed by atoms with E-state index in [-0.39, 0.29) is 23.1 Å². The minimum atomic E-state index is -0.630. The molecule has 0 saturated carbocycles. The fourth-order valence-electron chi connectivity index (χ4n) is 3.65. The molecule has 3 amide bonds. The molecule has 0 radical (unpaired) electrons. The zero-order valence-corrected chi connectivity index (χ0v) is 20.4. The fraction of sp³-hybridized carbons (Fsp3) is 0.115. The third-order valence-electron chi connectivity index (χ3n) is 5.48. The number of halogens is 2. The van der Waals surface area contributed by atoms with Gasteiger partial charge < -0.3 is 15.4 Å². The molecule has 7 nitrogen and oxygen atoms in total. The standard InChI is InChI=1S/C26H21Cl2N3O4/c1-15-18(27)6-5-8-20(15)31-25(33)23(28)24(26(31)34)29-17-12-10-16(11-13-17)14-22(32)30-19-7-3-4-9-21(19)35-2/h3-13,29H,14H2,1-2H3,(H,30,32). The lowest BCUT2D eigenvalue weighted by molar-refractivity contribution is -0.120. The lowest BCUT2D eigenvalue weighted by atomic mass is 10.1. The van der Waals surface area contributed by atoms with Gasteiger partial charge in [0, 0.05) is 10.7 Å². The summed E-state index contributed by atoms with van der Waals surface area (Å²) in [4.78, 5) is 39.2. The highest BCUT2D eigenvalue weighted by Crippen LogP contribution is 2.34. The molecule has 1 aliphatic rings. The van der Waals surface area contributed by atoms with Crippen LogP contribution in [0.4, 0.5) is 17.1 Å². The predicted octanol–water partition coefficient (Wildman–Crippen LogP) is 5.27. The van der Waals surface area contributed by atoms with Gasteiger partial charge in [-0.2, -0.15) is 0 Å². The number of methoxy groups -OCH3 is 1. The molecule has 0 fully saturated rings. The Morgan fingerprint density at radius 3 is 2.37 bits per heavy atom. The number of carbonyl (C=O) groups is 3. The van der Waals surface area contributed by atoms with Gasteiger partial charge in [-0.1, -0.05) is 53.5 Å². The average Bonchev–Trinajstić information content (AvgIpc) is 3.05. The van der Waals surface area contributed by atoms with Crippen molar-refractivity contribution in [1.82, 2.24) is 0 Å². The van der Waals surface area contributed by atoms with Crippen molar-refractivity contribution in [1.29, 1.82) is 0 Å². The van der Waals surface area contributed by atoms with Gasteiger partial charge in [-0.05, 0) is 54.4 Å². The predicted molar refractivity (Wildman–Crippen MR) is 137 cm³/mol. The summed E-state index contributed by atoms with van der Waals surface area (Å²) in [6.07, 6.45) is 0.140. The van der Waals surface area contributed by atoms with Crippen molar-refractivity contribution in [2.75, 3.05) is 22.6 Å². The Morgan fingerprint density at radius 2 is 1.66 bits per heavy atom. The largest absolute Gasteiger partial charge is 0.495 e. The van der Waals surface area contributed by atoms with E-state index in [1.54, 1.807) is 61.5 Å². The molecule has 4 rings (SSSR count). The first kappa shape index (κ1) is 24.3. The second kappa shape index (κ2) is 10.2. The first-order valence-electron chi connectivity index (χ1n) is 10.6. The lowest BCUT2D eigenvalue weighted by Gasteiger charge is -2.18. The number of hydrogen-bond acceptors (Lipinski definition) is 5. The monoisotopic (exact) mass is 509 g/mol. The number of para-hydroxylation sites is 2. The zero-order chi connectivity index (χ0) is 25.1. The minimum Gasteiger partial charge on any atom is -0.495 e. The molecule has 2 N–H and O–H groups in total. The molecule has 3 aromatic rings. The van der Waals surface area contributed by atoms with Gasteiger partial charge in [-0.15, -0.1) is 0 Å². The van der Waals surface area contributed by atoms with Crippen molar-refractivity contribution >= 4 is 58.0 Å². The van der Waals surface area contributed by atoms with Crippen LogP contribution in [0.3, 0.4) is 0 Å². The van der Waals surface area contributed by atoms with E-state index in [0.29, 0.717) is 33.4 Å². The molecule has 0 spiro atoms. The molecule has 0 aromatic heterocycles. The Bertz CT molecular complexity index is 1350. The highest BCUT2D eigenvalue weighted by atomic mass is 35.5. The van der Waals surface area contributed by atoms with Crippen LogP contribution in [-0.2, 0) is 20.8 Å². The Kier molecular flexibility index (Phi) is 7.10. The summed E-state index contributed by atoms with van der Waals surface area (Å²) >= 11 is 12.4. The van der Waals surface area contributed by atoms with Gasteiger partial charge in [0.25, 0.3) is 11.8 Å². The van der Waals surface area contributed by atoms with Crippen molar-refractivity contribution in [3.8, 4) is 5.75 Å². The van der Waals surface area contributed by atoms with Crippen LogP contribution in [0.15, 0.2) is 77.5 Å². The molecule has 1 heterocycles. The highest BCUT2D eigenvalue weighted by molar-refractivity contribution is 6.53. The van der Waals surface area contributed by atoms with Crippen LogP contribution in [0.1, 0.15) is 11.1 Å². The van der Waals surface area contributed by atoms with E-state index in [9.17, 15) is 14.4 Å². The summed E-state index contributed by atoms with van der Waals surface area (Å²) in [6, 6.07) is 19.0. The Labute approximate surface area is 212 Å². The SMILES string of the molecule is COc1ccccc1NC(=O)Cc1ccc(NC2=C(Cl)C(=O)N(c3cccc(Cl)c3C)C2=O)cc1. The van der Waals surface area contributed by atoms with Crippen molar-refractivity contribution in [3.63, 3.8) is 0 Å². The van der Waals surface area contributed by atoms with Gasteiger partial charge in [0.1, 0.15) is 16.5 Å². The molecule has 3 aromatic carbocycles. The first-order valence-corrected chi connectivity index (χ1v) is 11.4. The maximum atomic E-state index is 13.0. The normalized spacial score (nSPS) is 13.3. The topological polar surface area (TPSA) is 87.7 Å². The van der Waals surface area contributed by atoms with E-state index in [1.807, 2.05) is 12.1 Å². The number of rotatable bonds is 7. The van der Waals surface area contributed by atoms with Gasteiger partial charge in [0.15, 0.2) is 0 Å². The highest BCUT2D eigenvalue weighted by Gasteiger charge is 2.39. The van der Waals surface area contributed by atoms with Crippen molar-refractivity contribution in [3.05, 3.63) is 93.6 Å².